The Kier molecular flexibility index (Phi) is 11.4. The molecule has 2 saturated heterocycles. The van der Waals surface area contributed by atoms with Crippen molar-refractivity contribution in [1.29, 1.82) is 0 Å². The predicted molar refractivity (Wildman–Crippen MR) is 215 cm³/mol. The second-order valence-electron chi connectivity index (χ2n) is 14.8. The summed E-state index contributed by atoms with van der Waals surface area (Å²) >= 11 is 3.27. The van der Waals surface area contributed by atoms with E-state index in [2.05, 4.69) is 43.2 Å². The minimum absolute atomic E-state index is 0.110. The topological polar surface area (TPSA) is 175 Å². The first-order valence-electron chi connectivity index (χ1n) is 18.8. The quantitative estimate of drug-likeness (QED) is 0.119. The van der Waals surface area contributed by atoms with E-state index < -0.39 is 24.3 Å². The molecule has 16 heteroatoms. The number of carbonyl (C=O) groups is 4. The Hall–Kier alpha value is -5.40. The van der Waals surface area contributed by atoms with Crippen LogP contribution in [0.25, 0.3) is 31.7 Å². The van der Waals surface area contributed by atoms with Crippen LogP contribution in [-0.4, -0.2) is 93.1 Å². The van der Waals surface area contributed by atoms with Gasteiger partial charge in [0.15, 0.2) is 0 Å². The zero-order valence-electron chi connectivity index (χ0n) is 32.2. The standard InChI is InChI=1S/C40H46N8O6S2/c1-21(2)31(45-39(51)53-5)37(49)47-15-7-9-29(47)35-41-18-28(44-35)25-20-56-33-24(19-55-34(25)33)13-11-23-12-14-26-27(17-23)43-36(42-26)30-10-8-16-48(30)38(50)32(22(3)4)46-40(52)54-6/h12,14,17-22,29-32H,7-10,15-16H2,1-6H3,(H,41,44)(H,42,43)(H,45,51)(H,46,52)/t29?,30?,31-,32+/m0/s1. The number of carbonyl (C=O) groups excluding carboxylic acids is 4. The van der Waals surface area contributed by atoms with Gasteiger partial charge in [0, 0.05) is 35.0 Å². The van der Waals surface area contributed by atoms with Gasteiger partial charge in [-0.1, -0.05) is 39.5 Å². The third kappa shape index (κ3) is 7.70. The molecule has 4 N–H and O–H groups in total. The molecule has 0 bridgehead atoms. The first-order chi connectivity index (χ1) is 27.0. The second-order valence-corrected chi connectivity index (χ2v) is 16.6. The molecule has 4 aromatic heterocycles. The normalized spacial score (nSPS) is 18.0. The number of benzene rings is 1. The van der Waals surface area contributed by atoms with Crippen LogP contribution >= 0.6 is 22.7 Å². The van der Waals surface area contributed by atoms with Crippen LogP contribution in [0.15, 0.2) is 35.2 Å². The molecule has 2 fully saturated rings. The van der Waals surface area contributed by atoms with Crippen LogP contribution in [0.1, 0.15) is 88.2 Å². The predicted octanol–water partition coefficient (Wildman–Crippen LogP) is 6.72. The number of aromatic nitrogens is 4. The number of amides is 4. The van der Waals surface area contributed by atoms with Crippen molar-refractivity contribution in [2.75, 3.05) is 27.3 Å². The zero-order valence-corrected chi connectivity index (χ0v) is 33.9. The third-order valence-corrected chi connectivity index (χ3v) is 12.7. The van der Waals surface area contributed by atoms with E-state index in [0.717, 1.165) is 74.3 Å². The van der Waals surface area contributed by atoms with E-state index in [4.69, 9.17) is 19.4 Å². The number of aromatic amines is 2. The highest BCUT2D eigenvalue weighted by Gasteiger charge is 2.39. The Morgan fingerprint density at radius 3 is 2.04 bits per heavy atom. The van der Waals surface area contributed by atoms with Crippen molar-refractivity contribution >= 4 is 67.1 Å². The van der Waals surface area contributed by atoms with Gasteiger partial charge in [-0.3, -0.25) is 9.59 Å². The van der Waals surface area contributed by atoms with Crippen LogP contribution in [0.4, 0.5) is 9.59 Å². The molecule has 14 nitrogen and oxygen atoms in total. The number of methoxy groups -OCH3 is 2. The molecule has 4 atom stereocenters. The van der Waals surface area contributed by atoms with Crippen molar-refractivity contribution in [3.63, 3.8) is 0 Å². The number of nitrogens with one attached hydrogen (secondary N) is 4. The van der Waals surface area contributed by atoms with Gasteiger partial charge in [-0.2, -0.15) is 0 Å². The third-order valence-electron chi connectivity index (χ3n) is 10.5. The molecule has 0 aliphatic carbocycles. The summed E-state index contributed by atoms with van der Waals surface area (Å²) in [6.45, 7) is 8.77. The van der Waals surface area contributed by atoms with Crippen molar-refractivity contribution in [2.45, 2.75) is 77.5 Å². The number of ether oxygens (including phenoxy) is 2. The average Bonchev–Trinajstić information content (AvgIpc) is 4.04. The van der Waals surface area contributed by atoms with Gasteiger partial charge in [-0.25, -0.2) is 19.6 Å². The minimum atomic E-state index is -0.698. The Morgan fingerprint density at radius 2 is 1.43 bits per heavy atom. The molecular weight excluding hydrogens is 753 g/mol. The Morgan fingerprint density at radius 1 is 0.821 bits per heavy atom. The average molecular weight is 799 g/mol. The van der Waals surface area contributed by atoms with Crippen LogP contribution in [0.5, 0.6) is 0 Å². The number of nitrogens with zero attached hydrogens (tertiary/aromatic N) is 4. The van der Waals surface area contributed by atoms with E-state index in [-0.39, 0.29) is 35.7 Å². The molecule has 0 saturated carbocycles. The molecule has 7 rings (SSSR count). The summed E-state index contributed by atoms with van der Waals surface area (Å²) in [5, 5.41) is 9.58. The Labute approximate surface area is 332 Å². The highest BCUT2D eigenvalue weighted by Crippen LogP contribution is 2.41. The number of hydrogen-bond donors (Lipinski definition) is 4. The first kappa shape index (κ1) is 38.9. The number of H-pyrrole nitrogens is 2. The molecule has 1 aromatic carbocycles. The van der Waals surface area contributed by atoms with Gasteiger partial charge < -0.3 is 39.9 Å². The lowest BCUT2D eigenvalue weighted by Gasteiger charge is -2.30. The van der Waals surface area contributed by atoms with Crippen molar-refractivity contribution in [2.24, 2.45) is 11.8 Å². The van der Waals surface area contributed by atoms with E-state index in [1.807, 2.05) is 57.0 Å². The maximum atomic E-state index is 13.6. The van der Waals surface area contributed by atoms with Crippen LogP contribution in [0.2, 0.25) is 0 Å². The highest BCUT2D eigenvalue weighted by atomic mass is 32.1. The molecule has 56 heavy (non-hydrogen) atoms. The summed E-state index contributed by atoms with van der Waals surface area (Å²) in [6, 6.07) is 4.05. The number of alkyl carbamates (subject to hydrolysis) is 2. The largest absolute Gasteiger partial charge is 0.453 e. The van der Waals surface area contributed by atoms with Gasteiger partial charge >= 0.3 is 12.2 Å². The number of thiophene rings is 2. The van der Waals surface area contributed by atoms with Crippen molar-refractivity contribution in [3.05, 3.63) is 57.9 Å². The van der Waals surface area contributed by atoms with Crippen molar-refractivity contribution in [1.82, 2.24) is 40.4 Å². The molecule has 5 aromatic rings. The van der Waals surface area contributed by atoms with Gasteiger partial charge in [0.05, 0.1) is 64.2 Å². The summed E-state index contributed by atoms with van der Waals surface area (Å²) < 4.78 is 11.7. The lowest BCUT2D eigenvalue weighted by atomic mass is 10.0. The lowest BCUT2D eigenvalue weighted by molar-refractivity contribution is -0.136. The number of likely N-dealkylation sites (tertiary alicyclic amines) is 2. The summed E-state index contributed by atoms with van der Waals surface area (Å²) in [5.74, 6) is 7.62. The molecule has 4 amide bonds. The number of fused-ring (bicyclic) bond motifs is 2. The maximum absolute atomic E-state index is 13.6. The van der Waals surface area contributed by atoms with Gasteiger partial charge in [-0.05, 0) is 55.7 Å². The number of imidazole rings is 2. The number of rotatable bonds is 9. The Bertz CT molecular complexity index is 2330. The van der Waals surface area contributed by atoms with Crippen LogP contribution < -0.4 is 10.6 Å². The molecule has 2 aliphatic rings. The second kappa shape index (κ2) is 16.4. The van der Waals surface area contributed by atoms with Crippen molar-refractivity contribution in [3.8, 4) is 23.1 Å². The number of hydrogen-bond acceptors (Lipinski definition) is 10. The summed E-state index contributed by atoms with van der Waals surface area (Å²) in [7, 11) is 2.58. The van der Waals surface area contributed by atoms with Gasteiger partial charge in [-0.15, -0.1) is 22.7 Å². The fourth-order valence-corrected chi connectivity index (χ4v) is 9.82. The molecule has 294 valence electrons. The molecule has 6 heterocycles. The lowest BCUT2D eigenvalue weighted by Crippen LogP contribution is -2.51. The summed E-state index contributed by atoms with van der Waals surface area (Å²) in [6.07, 6.45) is 3.80. The summed E-state index contributed by atoms with van der Waals surface area (Å²) in [4.78, 5) is 71.3. The van der Waals surface area contributed by atoms with Crippen molar-refractivity contribution < 1.29 is 28.7 Å². The smallest absolute Gasteiger partial charge is 0.407 e. The molecule has 2 unspecified atom stereocenters. The SMILES string of the molecule is COC(=O)N[C@H](C(=O)N1CCCC1c1ncc(-c2csc3c(C#Cc4ccc5[nH]c(C6CCCN6C(=O)[C@H](NC(=O)OC)C(C)C)nc5c4)csc23)[nH]1)C(C)C. The maximum Gasteiger partial charge on any atom is 0.407 e. The minimum Gasteiger partial charge on any atom is -0.453 e. The highest BCUT2D eigenvalue weighted by molar-refractivity contribution is 7.27. The Balaban J connectivity index is 1.06. The molecule has 0 radical (unpaired) electrons. The van der Waals surface area contributed by atoms with Crippen LogP contribution in [0.3, 0.4) is 0 Å². The van der Waals surface area contributed by atoms with E-state index in [0.29, 0.717) is 18.9 Å². The fraction of sp³-hybridized carbons (Fsp3) is 0.450. The van der Waals surface area contributed by atoms with E-state index >= 15 is 0 Å². The van der Waals surface area contributed by atoms with Crippen LogP contribution in [0, 0.1) is 23.7 Å². The monoisotopic (exact) mass is 798 g/mol. The van der Waals surface area contributed by atoms with E-state index in [1.165, 1.54) is 14.2 Å². The van der Waals surface area contributed by atoms with Gasteiger partial charge in [0.1, 0.15) is 23.7 Å². The van der Waals surface area contributed by atoms with Gasteiger partial charge in [0.25, 0.3) is 0 Å². The fourth-order valence-electron chi connectivity index (χ4n) is 7.52. The summed E-state index contributed by atoms with van der Waals surface area (Å²) in [5.41, 5.74) is 5.31. The molecular formula is C40H46N8O6S2. The van der Waals surface area contributed by atoms with E-state index in [1.54, 1.807) is 27.6 Å². The zero-order chi connectivity index (χ0) is 39.7. The first-order valence-corrected chi connectivity index (χ1v) is 20.6. The van der Waals surface area contributed by atoms with Crippen LogP contribution in [-0.2, 0) is 19.1 Å². The van der Waals surface area contributed by atoms with E-state index in [9.17, 15) is 19.2 Å². The van der Waals surface area contributed by atoms with Gasteiger partial charge in [0.2, 0.25) is 11.8 Å². The molecule has 0 spiro atoms. The molecule has 2 aliphatic heterocycles.